The SMILES string of the molecule is CC(=O)Nc1cccc(Nc2c(C#N)cnc3ccc(NC(N)=O)cc23)c1. The second kappa shape index (κ2) is 7.41. The molecule has 3 aromatic rings. The Morgan fingerprint density at radius 3 is 2.52 bits per heavy atom. The van der Waals surface area contributed by atoms with Gasteiger partial charge in [0.15, 0.2) is 0 Å². The van der Waals surface area contributed by atoms with Crippen molar-refractivity contribution >= 4 is 45.6 Å². The lowest BCUT2D eigenvalue weighted by molar-refractivity contribution is -0.114. The first-order chi connectivity index (χ1) is 13.0. The van der Waals surface area contributed by atoms with Gasteiger partial charge < -0.3 is 21.7 Å². The predicted molar refractivity (Wildman–Crippen MR) is 104 cm³/mol. The van der Waals surface area contributed by atoms with E-state index in [-0.39, 0.29) is 5.91 Å². The maximum Gasteiger partial charge on any atom is 0.316 e. The van der Waals surface area contributed by atoms with Gasteiger partial charge in [-0.2, -0.15) is 5.26 Å². The van der Waals surface area contributed by atoms with Gasteiger partial charge >= 0.3 is 6.03 Å². The number of primary amides is 1. The van der Waals surface area contributed by atoms with Crippen molar-refractivity contribution in [1.82, 2.24) is 4.98 Å². The molecule has 3 rings (SSSR count). The Morgan fingerprint density at radius 2 is 1.81 bits per heavy atom. The first-order valence-corrected chi connectivity index (χ1v) is 8.00. The minimum Gasteiger partial charge on any atom is -0.354 e. The summed E-state index contributed by atoms with van der Waals surface area (Å²) in [6, 6.07) is 13.6. The number of nitrogens with one attached hydrogen (secondary N) is 3. The quantitative estimate of drug-likeness (QED) is 0.566. The molecular weight excluding hydrogens is 344 g/mol. The highest BCUT2D eigenvalue weighted by Crippen LogP contribution is 2.31. The van der Waals surface area contributed by atoms with Gasteiger partial charge in [0.05, 0.1) is 16.8 Å². The molecule has 5 N–H and O–H groups in total. The van der Waals surface area contributed by atoms with Crippen molar-refractivity contribution in [3.8, 4) is 6.07 Å². The summed E-state index contributed by atoms with van der Waals surface area (Å²) in [6.45, 7) is 1.43. The van der Waals surface area contributed by atoms with Gasteiger partial charge in [-0.05, 0) is 36.4 Å². The minimum atomic E-state index is -0.684. The van der Waals surface area contributed by atoms with E-state index in [4.69, 9.17) is 5.73 Å². The van der Waals surface area contributed by atoms with Crippen LogP contribution in [0.2, 0.25) is 0 Å². The van der Waals surface area contributed by atoms with E-state index in [0.29, 0.717) is 39.2 Å². The van der Waals surface area contributed by atoms with Crippen LogP contribution in [0.3, 0.4) is 0 Å². The molecule has 8 nitrogen and oxygen atoms in total. The van der Waals surface area contributed by atoms with E-state index < -0.39 is 6.03 Å². The highest BCUT2D eigenvalue weighted by atomic mass is 16.2. The number of carbonyl (C=O) groups excluding carboxylic acids is 2. The molecule has 0 atom stereocenters. The highest BCUT2D eigenvalue weighted by Gasteiger charge is 2.11. The molecular formula is C19H16N6O2. The van der Waals surface area contributed by atoms with Crippen LogP contribution in [0.5, 0.6) is 0 Å². The standard InChI is InChI=1S/C19H16N6O2/c1-11(26)23-13-3-2-4-14(7-13)24-18-12(9-20)10-22-17-6-5-15(8-16(17)18)25-19(21)27/h2-8,10H,1H3,(H,22,24)(H,23,26)(H3,21,25,27). The maximum absolute atomic E-state index is 11.3. The number of hydrogen-bond acceptors (Lipinski definition) is 5. The van der Waals surface area contributed by atoms with Crippen molar-refractivity contribution in [3.05, 3.63) is 54.2 Å². The third-order valence-electron chi connectivity index (χ3n) is 3.71. The minimum absolute atomic E-state index is 0.179. The molecule has 0 aliphatic carbocycles. The molecule has 8 heteroatoms. The van der Waals surface area contributed by atoms with Gasteiger partial charge in [0.25, 0.3) is 0 Å². The molecule has 3 amide bonds. The summed E-state index contributed by atoms with van der Waals surface area (Å²) in [7, 11) is 0. The molecule has 0 saturated heterocycles. The van der Waals surface area contributed by atoms with Crippen LogP contribution in [0, 0.1) is 11.3 Å². The Bertz CT molecular complexity index is 1090. The summed E-state index contributed by atoms with van der Waals surface area (Å²) in [5, 5.41) is 18.5. The normalized spacial score (nSPS) is 10.1. The molecule has 0 radical (unpaired) electrons. The van der Waals surface area contributed by atoms with Crippen molar-refractivity contribution in [2.45, 2.75) is 6.92 Å². The lowest BCUT2D eigenvalue weighted by atomic mass is 10.1. The van der Waals surface area contributed by atoms with E-state index in [9.17, 15) is 14.9 Å². The molecule has 0 bridgehead atoms. The van der Waals surface area contributed by atoms with Crippen LogP contribution >= 0.6 is 0 Å². The molecule has 0 aliphatic rings. The number of hydrogen-bond donors (Lipinski definition) is 4. The van der Waals surface area contributed by atoms with Crippen LogP contribution in [0.4, 0.5) is 27.5 Å². The molecule has 0 aliphatic heterocycles. The molecule has 0 saturated carbocycles. The van der Waals surface area contributed by atoms with Gasteiger partial charge in [-0.1, -0.05) is 6.07 Å². The number of carbonyl (C=O) groups is 2. The third-order valence-corrected chi connectivity index (χ3v) is 3.71. The van der Waals surface area contributed by atoms with Gasteiger partial charge in [0.2, 0.25) is 5.91 Å². The predicted octanol–water partition coefficient (Wildman–Crippen LogP) is 3.30. The van der Waals surface area contributed by atoms with Crippen LogP contribution in [-0.2, 0) is 4.79 Å². The molecule has 134 valence electrons. The molecule has 0 unspecified atom stereocenters. The summed E-state index contributed by atoms with van der Waals surface area (Å²) >= 11 is 0. The van der Waals surface area contributed by atoms with E-state index in [1.54, 1.807) is 36.4 Å². The number of rotatable bonds is 4. The van der Waals surface area contributed by atoms with E-state index in [1.807, 2.05) is 6.07 Å². The zero-order valence-corrected chi connectivity index (χ0v) is 14.4. The second-order valence-electron chi connectivity index (χ2n) is 5.77. The van der Waals surface area contributed by atoms with Crippen LogP contribution in [-0.4, -0.2) is 16.9 Å². The number of nitrogens with two attached hydrogens (primary N) is 1. The zero-order valence-electron chi connectivity index (χ0n) is 14.4. The lowest BCUT2D eigenvalue weighted by Crippen LogP contribution is -2.19. The topological polar surface area (TPSA) is 133 Å². The average molecular weight is 360 g/mol. The Balaban J connectivity index is 2.07. The Morgan fingerprint density at radius 1 is 1.07 bits per heavy atom. The van der Waals surface area contributed by atoms with Gasteiger partial charge in [0.1, 0.15) is 6.07 Å². The van der Waals surface area contributed by atoms with Crippen molar-refractivity contribution in [1.29, 1.82) is 5.26 Å². The van der Waals surface area contributed by atoms with Crippen LogP contribution in [0.25, 0.3) is 10.9 Å². The number of urea groups is 1. The average Bonchev–Trinajstić information content (AvgIpc) is 2.61. The lowest BCUT2D eigenvalue weighted by Gasteiger charge is -2.13. The number of aromatic nitrogens is 1. The van der Waals surface area contributed by atoms with E-state index >= 15 is 0 Å². The van der Waals surface area contributed by atoms with Gasteiger partial charge in [-0.3, -0.25) is 9.78 Å². The van der Waals surface area contributed by atoms with Gasteiger partial charge in [0, 0.05) is 35.6 Å². The molecule has 27 heavy (non-hydrogen) atoms. The smallest absolute Gasteiger partial charge is 0.316 e. The Labute approximate surface area is 155 Å². The van der Waals surface area contributed by atoms with E-state index in [1.165, 1.54) is 13.1 Å². The zero-order chi connectivity index (χ0) is 19.4. The summed E-state index contributed by atoms with van der Waals surface area (Å²) in [4.78, 5) is 26.6. The second-order valence-corrected chi connectivity index (χ2v) is 5.77. The molecule has 1 aromatic heterocycles. The van der Waals surface area contributed by atoms with Crippen LogP contribution < -0.4 is 21.7 Å². The van der Waals surface area contributed by atoms with Crippen molar-refractivity contribution in [2.75, 3.05) is 16.0 Å². The van der Waals surface area contributed by atoms with Crippen molar-refractivity contribution in [3.63, 3.8) is 0 Å². The number of fused-ring (bicyclic) bond motifs is 1. The third kappa shape index (κ3) is 4.11. The number of anilines is 4. The molecule has 2 aromatic carbocycles. The van der Waals surface area contributed by atoms with Gasteiger partial charge in [-0.15, -0.1) is 0 Å². The van der Waals surface area contributed by atoms with Crippen LogP contribution in [0.15, 0.2) is 48.7 Å². The number of amides is 3. The molecule has 0 fully saturated rings. The van der Waals surface area contributed by atoms with Gasteiger partial charge in [-0.25, -0.2) is 4.79 Å². The largest absolute Gasteiger partial charge is 0.354 e. The van der Waals surface area contributed by atoms with E-state index in [2.05, 4.69) is 27.0 Å². The number of pyridine rings is 1. The maximum atomic E-state index is 11.3. The van der Waals surface area contributed by atoms with Crippen molar-refractivity contribution in [2.24, 2.45) is 5.73 Å². The summed E-state index contributed by atoms with van der Waals surface area (Å²) < 4.78 is 0. The monoisotopic (exact) mass is 360 g/mol. The fourth-order valence-corrected chi connectivity index (χ4v) is 2.65. The van der Waals surface area contributed by atoms with E-state index in [0.717, 1.165) is 0 Å². The fraction of sp³-hybridized carbons (Fsp3) is 0.0526. The number of nitrogens with zero attached hydrogens (tertiary/aromatic N) is 2. The first-order valence-electron chi connectivity index (χ1n) is 8.00. The van der Waals surface area contributed by atoms with Crippen LogP contribution in [0.1, 0.15) is 12.5 Å². The molecule has 1 heterocycles. The summed E-state index contributed by atoms with van der Waals surface area (Å²) in [5.74, 6) is -0.179. The fourth-order valence-electron chi connectivity index (χ4n) is 2.65. The Kier molecular flexibility index (Phi) is 4.86. The van der Waals surface area contributed by atoms with Crippen molar-refractivity contribution < 1.29 is 9.59 Å². The first kappa shape index (κ1) is 17.7. The summed E-state index contributed by atoms with van der Waals surface area (Å²) in [5.41, 5.74) is 8.48. The summed E-state index contributed by atoms with van der Waals surface area (Å²) in [6.07, 6.45) is 1.48. The molecule has 0 spiro atoms. The number of nitriles is 1. The highest BCUT2D eigenvalue weighted by molar-refractivity contribution is 6.00. The Hall–Kier alpha value is -4.12. The number of benzene rings is 2.